The first-order valence-corrected chi connectivity index (χ1v) is 7.42. The first-order valence-electron chi connectivity index (χ1n) is 7.42. The van der Waals surface area contributed by atoms with Crippen LogP contribution in [-0.2, 0) is 15.0 Å². The van der Waals surface area contributed by atoms with Crippen molar-refractivity contribution in [2.45, 2.75) is 57.3 Å². The molecule has 116 valence electrons. The maximum Gasteiger partial charge on any atom is 0.354 e. The molecule has 2 aliphatic rings. The standard InChI is InChI=1S/C15H22N2O4/c1-14(2,3)17-12(13(18)19)8-11(16-17)10-4-5-15(9-10)20-6-7-21-15/h8,10H,4-7,9H2,1-3H3,(H,18,19). The second kappa shape index (κ2) is 4.81. The van der Waals surface area contributed by atoms with Crippen molar-refractivity contribution >= 4 is 5.97 Å². The Hall–Kier alpha value is -1.40. The lowest BCUT2D eigenvalue weighted by Crippen LogP contribution is -2.27. The van der Waals surface area contributed by atoms with Crippen molar-refractivity contribution in [2.24, 2.45) is 0 Å². The predicted molar refractivity (Wildman–Crippen MR) is 75.4 cm³/mol. The third kappa shape index (κ3) is 2.58. The van der Waals surface area contributed by atoms with E-state index in [9.17, 15) is 9.90 Å². The van der Waals surface area contributed by atoms with Crippen LogP contribution in [0, 0.1) is 0 Å². The van der Waals surface area contributed by atoms with Crippen LogP contribution < -0.4 is 0 Å². The molecular weight excluding hydrogens is 272 g/mol. The third-order valence-corrected chi connectivity index (χ3v) is 4.25. The smallest absolute Gasteiger partial charge is 0.354 e. The molecular formula is C15H22N2O4. The number of nitrogens with zero attached hydrogens (tertiary/aromatic N) is 2. The molecule has 6 heteroatoms. The van der Waals surface area contributed by atoms with Crippen LogP contribution in [-0.4, -0.2) is 39.9 Å². The van der Waals surface area contributed by atoms with E-state index < -0.39 is 11.8 Å². The zero-order valence-electron chi connectivity index (χ0n) is 12.8. The van der Waals surface area contributed by atoms with Crippen LogP contribution in [0.2, 0.25) is 0 Å². The fourth-order valence-corrected chi connectivity index (χ4v) is 3.25. The number of carboxylic acids is 1. The number of hydrogen-bond donors (Lipinski definition) is 1. The molecule has 0 aromatic carbocycles. The summed E-state index contributed by atoms with van der Waals surface area (Å²) >= 11 is 0. The lowest BCUT2D eigenvalue weighted by atomic mass is 10.0. The minimum Gasteiger partial charge on any atom is -0.477 e. The summed E-state index contributed by atoms with van der Waals surface area (Å²) in [7, 11) is 0. The molecule has 1 atom stereocenters. The number of aromatic carboxylic acids is 1. The molecule has 1 saturated carbocycles. The topological polar surface area (TPSA) is 73.6 Å². The van der Waals surface area contributed by atoms with E-state index in [0.717, 1.165) is 25.0 Å². The van der Waals surface area contributed by atoms with Crippen LogP contribution in [0.4, 0.5) is 0 Å². The summed E-state index contributed by atoms with van der Waals surface area (Å²) in [5, 5.41) is 13.9. The van der Waals surface area contributed by atoms with Gasteiger partial charge in [0, 0.05) is 18.8 Å². The van der Waals surface area contributed by atoms with E-state index in [4.69, 9.17) is 9.47 Å². The quantitative estimate of drug-likeness (QED) is 0.906. The summed E-state index contributed by atoms with van der Waals surface area (Å²) in [6.45, 7) is 7.15. The zero-order valence-corrected chi connectivity index (χ0v) is 12.8. The number of hydrogen-bond acceptors (Lipinski definition) is 4. The van der Waals surface area contributed by atoms with Gasteiger partial charge in [-0.15, -0.1) is 0 Å². The normalized spacial score (nSPS) is 24.8. The highest BCUT2D eigenvalue weighted by Gasteiger charge is 2.45. The number of ether oxygens (including phenoxy) is 2. The Labute approximate surface area is 124 Å². The van der Waals surface area contributed by atoms with E-state index in [1.54, 1.807) is 10.7 Å². The van der Waals surface area contributed by atoms with Crippen LogP contribution in [0.15, 0.2) is 6.07 Å². The maximum atomic E-state index is 11.4. The van der Waals surface area contributed by atoms with E-state index in [0.29, 0.717) is 13.2 Å². The molecule has 0 amide bonds. The van der Waals surface area contributed by atoms with E-state index >= 15 is 0 Å². The van der Waals surface area contributed by atoms with Gasteiger partial charge >= 0.3 is 5.97 Å². The Balaban J connectivity index is 1.88. The van der Waals surface area contributed by atoms with Gasteiger partial charge < -0.3 is 14.6 Å². The number of carbonyl (C=O) groups is 1. The van der Waals surface area contributed by atoms with Gasteiger partial charge in [-0.05, 0) is 33.3 Å². The number of carboxylic acid groups (broad SMARTS) is 1. The molecule has 1 aromatic rings. The van der Waals surface area contributed by atoms with Crippen LogP contribution in [0.25, 0.3) is 0 Å². The zero-order chi connectivity index (χ0) is 15.3. The number of rotatable bonds is 2. The third-order valence-electron chi connectivity index (χ3n) is 4.25. The van der Waals surface area contributed by atoms with Crippen molar-refractivity contribution in [3.63, 3.8) is 0 Å². The van der Waals surface area contributed by atoms with E-state index in [2.05, 4.69) is 5.10 Å². The Morgan fingerprint density at radius 2 is 2.10 bits per heavy atom. The van der Waals surface area contributed by atoms with Gasteiger partial charge in [-0.3, -0.25) is 4.68 Å². The minimum atomic E-state index is -0.940. The van der Waals surface area contributed by atoms with Gasteiger partial charge in [-0.1, -0.05) is 0 Å². The average molecular weight is 294 g/mol. The molecule has 1 aliphatic heterocycles. The second-order valence-corrected chi connectivity index (χ2v) is 6.89. The summed E-state index contributed by atoms with van der Waals surface area (Å²) < 4.78 is 13.1. The first-order chi connectivity index (χ1) is 9.81. The van der Waals surface area contributed by atoms with E-state index in [1.165, 1.54) is 0 Å². The van der Waals surface area contributed by atoms with Crippen LogP contribution >= 0.6 is 0 Å². The van der Waals surface area contributed by atoms with Crippen molar-refractivity contribution in [1.29, 1.82) is 0 Å². The Kier molecular flexibility index (Phi) is 3.33. The van der Waals surface area contributed by atoms with Gasteiger partial charge in [0.2, 0.25) is 0 Å². The van der Waals surface area contributed by atoms with Crippen molar-refractivity contribution < 1.29 is 19.4 Å². The van der Waals surface area contributed by atoms with E-state index in [1.807, 2.05) is 20.8 Å². The van der Waals surface area contributed by atoms with Gasteiger partial charge in [0.05, 0.1) is 24.4 Å². The second-order valence-electron chi connectivity index (χ2n) is 6.89. The largest absolute Gasteiger partial charge is 0.477 e. The Morgan fingerprint density at radius 1 is 1.43 bits per heavy atom. The minimum absolute atomic E-state index is 0.199. The SMILES string of the molecule is CC(C)(C)n1nc(C2CCC3(C2)OCCO3)cc1C(=O)O. The average Bonchev–Trinajstić information content (AvgIpc) is 3.09. The Morgan fingerprint density at radius 3 is 2.62 bits per heavy atom. The van der Waals surface area contributed by atoms with Gasteiger partial charge in [0.15, 0.2) is 5.79 Å². The first kappa shape index (κ1) is 14.5. The lowest BCUT2D eigenvalue weighted by Gasteiger charge is -2.22. The fraction of sp³-hybridized carbons (Fsp3) is 0.733. The molecule has 1 aromatic heterocycles. The maximum absolute atomic E-state index is 11.4. The number of aromatic nitrogens is 2. The molecule has 0 bridgehead atoms. The summed E-state index contributed by atoms with van der Waals surface area (Å²) in [5.74, 6) is -1.20. The molecule has 2 heterocycles. The molecule has 21 heavy (non-hydrogen) atoms. The van der Waals surface area contributed by atoms with Gasteiger partial charge in [0.25, 0.3) is 0 Å². The van der Waals surface area contributed by atoms with Crippen LogP contribution in [0.3, 0.4) is 0 Å². The van der Waals surface area contributed by atoms with E-state index in [-0.39, 0.29) is 17.2 Å². The lowest BCUT2D eigenvalue weighted by molar-refractivity contribution is -0.151. The van der Waals surface area contributed by atoms with Gasteiger partial charge in [-0.25, -0.2) is 4.79 Å². The molecule has 1 saturated heterocycles. The molecule has 3 rings (SSSR count). The molecule has 6 nitrogen and oxygen atoms in total. The molecule has 1 N–H and O–H groups in total. The van der Waals surface area contributed by atoms with Gasteiger partial charge in [-0.2, -0.15) is 5.10 Å². The van der Waals surface area contributed by atoms with Crippen molar-refractivity contribution in [2.75, 3.05) is 13.2 Å². The summed E-state index contributed by atoms with van der Waals surface area (Å²) in [5.41, 5.74) is 0.716. The predicted octanol–water partition coefficient (Wildman–Crippen LogP) is 2.35. The molecule has 0 radical (unpaired) electrons. The molecule has 1 unspecified atom stereocenters. The van der Waals surface area contributed by atoms with Crippen LogP contribution in [0.5, 0.6) is 0 Å². The highest BCUT2D eigenvalue weighted by molar-refractivity contribution is 5.85. The summed E-state index contributed by atoms with van der Waals surface area (Å²) in [6, 6.07) is 1.70. The summed E-state index contributed by atoms with van der Waals surface area (Å²) in [4.78, 5) is 11.4. The van der Waals surface area contributed by atoms with Crippen molar-refractivity contribution in [3.05, 3.63) is 17.5 Å². The highest BCUT2D eigenvalue weighted by Crippen LogP contribution is 2.45. The van der Waals surface area contributed by atoms with Crippen LogP contribution in [0.1, 0.15) is 62.1 Å². The van der Waals surface area contributed by atoms with Crippen molar-refractivity contribution in [3.8, 4) is 0 Å². The monoisotopic (exact) mass is 294 g/mol. The fourth-order valence-electron chi connectivity index (χ4n) is 3.25. The molecule has 1 aliphatic carbocycles. The van der Waals surface area contributed by atoms with Crippen molar-refractivity contribution in [1.82, 2.24) is 9.78 Å². The van der Waals surface area contributed by atoms with Gasteiger partial charge in [0.1, 0.15) is 5.69 Å². The molecule has 1 spiro atoms. The Bertz CT molecular complexity index is 553. The molecule has 2 fully saturated rings. The summed E-state index contributed by atoms with van der Waals surface area (Å²) in [6.07, 6.45) is 2.52. The highest BCUT2D eigenvalue weighted by atomic mass is 16.7.